The third-order valence-corrected chi connectivity index (χ3v) is 5.52. The number of carbonyl (C=O) groups is 1. The van der Waals surface area contributed by atoms with Crippen molar-refractivity contribution in [2.75, 3.05) is 6.54 Å². The van der Waals surface area contributed by atoms with Gasteiger partial charge in [-0.2, -0.15) is 4.98 Å². The SMILES string of the molecule is CCCN1C(=O)NC(c2ccc(F)cc2)C(c2nc(-c3ccc(CC)cc3)no2)=C1C. The van der Waals surface area contributed by atoms with Gasteiger partial charge in [0, 0.05) is 17.8 Å². The molecule has 0 spiro atoms. The van der Waals surface area contributed by atoms with E-state index in [0.717, 1.165) is 29.7 Å². The summed E-state index contributed by atoms with van der Waals surface area (Å²) in [4.78, 5) is 19.1. The molecule has 1 aliphatic heterocycles. The number of aromatic nitrogens is 2. The van der Waals surface area contributed by atoms with E-state index in [0.29, 0.717) is 23.8 Å². The molecule has 2 aromatic carbocycles. The molecule has 4 rings (SSSR count). The number of rotatable bonds is 6. The topological polar surface area (TPSA) is 71.3 Å². The molecule has 3 aromatic rings. The molecule has 2 heterocycles. The second kappa shape index (κ2) is 8.71. The Morgan fingerprint density at radius 3 is 2.45 bits per heavy atom. The van der Waals surface area contributed by atoms with Crippen LogP contribution in [0, 0.1) is 5.82 Å². The molecule has 1 aliphatic rings. The van der Waals surface area contributed by atoms with Crippen molar-refractivity contribution in [2.24, 2.45) is 0 Å². The van der Waals surface area contributed by atoms with Crippen molar-refractivity contribution in [1.82, 2.24) is 20.4 Å². The smallest absolute Gasteiger partial charge is 0.322 e. The van der Waals surface area contributed by atoms with E-state index in [-0.39, 0.29) is 11.8 Å². The Labute approximate surface area is 180 Å². The van der Waals surface area contributed by atoms with Crippen LogP contribution in [0.25, 0.3) is 17.0 Å². The van der Waals surface area contributed by atoms with E-state index in [4.69, 9.17) is 4.52 Å². The molecule has 0 radical (unpaired) electrons. The zero-order valence-corrected chi connectivity index (χ0v) is 17.9. The molecule has 7 heteroatoms. The summed E-state index contributed by atoms with van der Waals surface area (Å²) in [6.45, 7) is 6.56. The average molecular weight is 420 g/mol. The quantitative estimate of drug-likeness (QED) is 0.584. The van der Waals surface area contributed by atoms with Gasteiger partial charge in [-0.25, -0.2) is 9.18 Å². The van der Waals surface area contributed by atoms with Gasteiger partial charge in [-0.15, -0.1) is 0 Å². The number of nitrogens with zero attached hydrogens (tertiary/aromatic N) is 3. The first-order valence-corrected chi connectivity index (χ1v) is 10.5. The van der Waals surface area contributed by atoms with Crippen LogP contribution in [-0.4, -0.2) is 27.6 Å². The molecule has 0 aliphatic carbocycles. The number of hydrogen-bond donors (Lipinski definition) is 1. The number of allylic oxidation sites excluding steroid dienone is 1. The third kappa shape index (κ3) is 4.08. The number of hydrogen-bond acceptors (Lipinski definition) is 4. The van der Waals surface area contributed by atoms with E-state index in [1.165, 1.54) is 17.7 Å². The van der Waals surface area contributed by atoms with Gasteiger partial charge in [0.2, 0.25) is 5.82 Å². The number of halogens is 1. The maximum Gasteiger partial charge on any atom is 0.322 e. The highest BCUT2D eigenvalue weighted by atomic mass is 19.1. The van der Waals surface area contributed by atoms with E-state index in [2.05, 4.69) is 22.4 Å². The van der Waals surface area contributed by atoms with Crippen LogP contribution in [-0.2, 0) is 6.42 Å². The maximum atomic E-state index is 13.5. The Morgan fingerprint density at radius 2 is 1.81 bits per heavy atom. The standard InChI is InChI=1S/C24H25FN4O2/c1-4-14-29-15(3)20(21(26-24(29)30)17-10-12-19(25)13-11-17)23-27-22(28-31-23)18-8-6-16(5-2)7-9-18/h6-13,21H,4-5,14H2,1-3H3,(H,26,30). The summed E-state index contributed by atoms with van der Waals surface area (Å²) in [6.07, 6.45) is 1.76. The highest BCUT2D eigenvalue weighted by Crippen LogP contribution is 2.37. The summed E-state index contributed by atoms with van der Waals surface area (Å²) in [5.41, 5.74) is 4.29. The van der Waals surface area contributed by atoms with Gasteiger partial charge < -0.3 is 9.84 Å². The number of urea groups is 1. The lowest BCUT2D eigenvalue weighted by molar-refractivity contribution is 0.205. The van der Waals surface area contributed by atoms with Crippen molar-refractivity contribution in [2.45, 2.75) is 39.7 Å². The monoisotopic (exact) mass is 420 g/mol. The number of benzene rings is 2. The Bertz CT molecular complexity index is 1100. The second-order valence-corrected chi connectivity index (χ2v) is 7.56. The van der Waals surface area contributed by atoms with Crippen molar-refractivity contribution < 1.29 is 13.7 Å². The number of nitrogens with one attached hydrogen (secondary N) is 1. The molecule has 0 fully saturated rings. The van der Waals surface area contributed by atoms with Crippen molar-refractivity contribution >= 4 is 11.6 Å². The lowest BCUT2D eigenvalue weighted by Gasteiger charge is -2.35. The van der Waals surface area contributed by atoms with E-state index >= 15 is 0 Å². The molecular formula is C24H25FN4O2. The predicted octanol–water partition coefficient (Wildman–Crippen LogP) is 5.35. The second-order valence-electron chi connectivity index (χ2n) is 7.56. The highest BCUT2D eigenvalue weighted by molar-refractivity contribution is 5.86. The summed E-state index contributed by atoms with van der Waals surface area (Å²) in [7, 11) is 0. The minimum absolute atomic E-state index is 0.202. The van der Waals surface area contributed by atoms with Crippen LogP contribution < -0.4 is 5.32 Å². The molecule has 160 valence electrons. The summed E-state index contributed by atoms with van der Waals surface area (Å²) in [5, 5.41) is 7.18. The Hall–Kier alpha value is -3.48. The van der Waals surface area contributed by atoms with Crippen LogP contribution in [0.15, 0.2) is 58.8 Å². The molecule has 0 bridgehead atoms. The van der Waals surface area contributed by atoms with E-state index in [1.54, 1.807) is 17.0 Å². The molecule has 1 N–H and O–H groups in total. The van der Waals surface area contributed by atoms with Gasteiger partial charge in [0.1, 0.15) is 5.82 Å². The average Bonchev–Trinajstić information content (AvgIpc) is 3.26. The normalized spacial score (nSPS) is 16.6. The first-order chi connectivity index (χ1) is 15.0. The summed E-state index contributed by atoms with van der Waals surface area (Å²) in [6, 6.07) is 13.4. The lowest BCUT2D eigenvalue weighted by atomic mass is 9.94. The van der Waals surface area contributed by atoms with Crippen LogP contribution in [0.2, 0.25) is 0 Å². The van der Waals surface area contributed by atoms with Gasteiger partial charge in [-0.3, -0.25) is 4.90 Å². The predicted molar refractivity (Wildman–Crippen MR) is 116 cm³/mol. The minimum Gasteiger partial charge on any atom is -0.334 e. The van der Waals surface area contributed by atoms with Crippen LogP contribution in [0.3, 0.4) is 0 Å². The van der Waals surface area contributed by atoms with E-state index < -0.39 is 6.04 Å². The number of aryl methyl sites for hydroxylation is 1. The summed E-state index contributed by atoms with van der Waals surface area (Å²) < 4.78 is 19.1. The van der Waals surface area contributed by atoms with Gasteiger partial charge in [-0.05, 0) is 43.0 Å². The summed E-state index contributed by atoms with van der Waals surface area (Å²) >= 11 is 0. The Kier molecular flexibility index (Phi) is 5.84. The molecule has 2 amide bonds. The molecule has 0 saturated carbocycles. The van der Waals surface area contributed by atoms with Gasteiger partial charge in [0.15, 0.2) is 0 Å². The fraction of sp³-hybridized carbons (Fsp3) is 0.292. The minimum atomic E-state index is -0.517. The summed E-state index contributed by atoms with van der Waals surface area (Å²) in [5.74, 6) is 0.480. The van der Waals surface area contributed by atoms with E-state index in [9.17, 15) is 9.18 Å². The molecule has 31 heavy (non-hydrogen) atoms. The molecule has 1 atom stereocenters. The van der Waals surface area contributed by atoms with Crippen molar-refractivity contribution in [3.63, 3.8) is 0 Å². The number of amides is 2. The molecule has 6 nitrogen and oxygen atoms in total. The van der Waals surface area contributed by atoms with E-state index in [1.807, 2.05) is 38.1 Å². The van der Waals surface area contributed by atoms with Gasteiger partial charge in [0.25, 0.3) is 5.89 Å². The van der Waals surface area contributed by atoms with Crippen LogP contribution in [0.4, 0.5) is 9.18 Å². The Balaban J connectivity index is 1.78. The van der Waals surface area contributed by atoms with Crippen LogP contribution in [0.5, 0.6) is 0 Å². The highest BCUT2D eigenvalue weighted by Gasteiger charge is 2.35. The van der Waals surface area contributed by atoms with Gasteiger partial charge in [0.05, 0.1) is 11.6 Å². The third-order valence-electron chi connectivity index (χ3n) is 5.52. The lowest BCUT2D eigenvalue weighted by Crippen LogP contribution is -2.46. The maximum absolute atomic E-state index is 13.5. The van der Waals surface area contributed by atoms with Crippen molar-refractivity contribution in [1.29, 1.82) is 0 Å². The zero-order chi connectivity index (χ0) is 22.0. The van der Waals surface area contributed by atoms with Crippen molar-refractivity contribution in [3.05, 3.63) is 77.1 Å². The molecule has 1 unspecified atom stereocenters. The largest absolute Gasteiger partial charge is 0.334 e. The number of carbonyl (C=O) groups excluding carboxylic acids is 1. The van der Waals surface area contributed by atoms with Gasteiger partial charge >= 0.3 is 6.03 Å². The van der Waals surface area contributed by atoms with Crippen LogP contribution in [0.1, 0.15) is 50.3 Å². The molecule has 0 saturated heterocycles. The first kappa shape index (κ1) is 20.8. The molecule has 1 aromatic heterocycles. The zero-order valence-electron chi connectivity index (χ0n) is 17.9. The molecular weight excluding hydrogens is 395 g/mol. The Morgan fingerprint density at radius 1 is 1.10 bits per heavy atom. The van der Waals surface area contributed by atoms with Gasteiger partial charge in [-0.1, -0.05) is 55.4 Å². The van der Waals surface area contributed by atoms with Crippen molar-refractivity contribution in [3.8, 4) is 11.4 Å². The van der Waals surface area contributed by atoms with Crippen LogP contribution >= 0.6 is 0 Å². The fourth-order valence-corrected chi connectivity index (χ4v) is 3.80. The first-order valence-electron chi connectivity index (χ1n) is 10.5. The fourth-order valence-electron chi connectivity index (χ4n) is 3.80.